The summed E-state index contributed by atoms with van der Waals surface area (Å²) < 4.78 is 6.04. The van der Waals surface area contributed by atoms with Crippen molar-refractivity contribution in [2.24, 2.45) is 16.3 Å². The highest BCUT2D eigenvalue weighted by molar-refractivity contribution is 7.09. The molecule has 1 spiro atoms. The van der Waals surface area contributed by atoms with Gasteiger partial charge in [0.25, 0.3) is 0 Å². The molecule has 1 N–H and O–H groups in total. The maximum atomic E-state index is 6.04. The third kappa shape index (κ3) is 2.54. The van der Waals surface area contributed by atoms with Crippen molar-refractivity contribution in [1.82, 2.24) is 15.2 Å². The second-order valence-corrected chi connectivity index (χ2v) is 8.53. The van der Waals surface area contributed by atoms with Gasteiger partial charge >= 0.3 is 0 Å². The average Bonchev–Trinajstić information content (AvgIpc) is 3.09. The van der Waals surface area contributed by atoms with Gasteiger partial charge in [0.05, 0.1) is 23.4 Å². The van der Waals surface area contributed by atoms with E-state index in [0.29, 0.717) is 23.5 Å². The first-order valence-corrected chi connectivity index (χ1v) is 10.1. The van der Waals surface area contributed by atoms with Crippen molar-refractivity contribution in [3.8, 4) is 0 Å². The highest BCUT2D eigenvalue weighted by atomic mass is 32.1. The summed E-state index contributed by atoms with van der Waals surface area (Å²) in [6, 6.07) is 0.531. The molecule has 1 aromatic rings. The van der Waals surface area contributed by atoms with Crippen LogP contribution in [0.5, 0.6) is 0 Å². The van der Waals surface area contributed by atoms with Gasteiger partial charge in [0, 0.05) is 43.0 Å². The number of fused-ring (bicyclic) bond motifs is 2. The zero-order valence-electron chi connectivity index (χ0n) is 14.9. The molecule has 2 saturated carbocycles. The van der Waals surface area contributed by atoms with Gasteiger partial charge in [0.15, 0.2) is 5.96 Å². The van der Waals surface area contributed by atoms with E-state index in [2.05, 4.69) is 41.5 Å². The number of hydrogen-bond acceptors (Lipinski definition) is 4. The van der Waals surface area contributed by atoms with Crippen LogP contribution >= 0.6 is 11.3 Å². The fraction of sp³-hybridized carbons (Fsp3) is 0.778. The molecule has 0 radical (unpaired) electrons. The van der Waals surface area contributed by atoms with Gasteiger partial charge in [-0.1, -0.05) is 6.42 Å². The van der Waals surface area contributed by atoms with Crippen LogP contribution in [0.1, 0.15) is 43.3 Å². The maximum absolute atomic E-state index is 6.04. The number of thiazole rings is 1. The molecule has 3 atom stereocenters. The maximum Gasteiger partial charge on any atom is 0.194 e. The SMILES string of the molecule is CCN=C(NC1C2CCOC2C12CCC2)N(C)Cc1csc(C)n1. The Morgan fingerprint density at radius 1 is 1.54 bits per heavy atom. The van der Waals surface area contributed by atoms with E-state index in [9.17, 15) is 0 Å². The molecule has 3 aliphatic rings. The number of aliphatic imine (C=N–C) groups is 1. The van der Waals surface area contributed by atoms with Gasteiger partial charge in [-0.2, -0.15) is 0 Å². The van der Waals surface area contributed by atoms with Crippen molar-refractivity contribution in [2.75, 3.05) is 20.2 Å². The lowest BCUT2D eigenvalue weighted by molar-refractivity contribution is -0.171. The van der Waals surface area contributed by atoms with E-state index in [-0.39, 0.29) is 0 Å². The standard InChI is InChI=1S/C18H28N4OS/c1-4-19-17(22(3)10-13-11-24-12(2)20-13)21-15-14-6-9-23-16(14)18(15)7-5-8-18/h11,14-16H,4-10H2,1-3H3,(H,19,21). The molecule has 132 valence electrons. The summed E-state index contributed by atoms with van der Waals surface area (Å²) in [5.41, 5.74) is 1.51. The fourth-order valence-corrected chi connectivity index (χ4v) is 5.42. The third-order valence-corrected chi connectivity index (χ3v) is 6.88. The van der Waals surface area contributed by atoms with Gasteiger partial charge in [-0.05, 0) is 33.1 Å². The van der Waals surface area contributed by atoms with Crippen LogP contribution < -0.4 is 5.32 Å². The fourth-order valence-electron chi connectivity index (χ4n) is 4.82. The molecule has 3 fully saturated rings. The van der Waals surface area contributed by atoms with E-state index in [4.69, 9.17) is 9.73 Å². The van der Waals surface area contributed by atoms with E-state index in [0.717, 1.165) is 36.4 Å². The quantitative estimate of drug-likeness (QED) is 0.671. The zero-order chi connectivity index (χ0) is 16.7. The molecule has 1 aromatic heterocycles. The zero-order valence-corrected chi connectivity index (χ0v) is 15.7. The summed E-state index contributed by atoms with van der Waals surface area (Å²) in [6.45, 7) is 6.70. The van der Waals surface area contributed by atoms with Gasteiger partial charge < -0.3 is 15.0 Å². The topological polar surface area (TPSA) is 49.8 Å². The van der Waals surface area contributed by atoms with Crippen LogP contribution in [0.3, 0.4) is 0 Å². The Morgan fingerprint density at radius 3 is 3.00 bits per heavy atom. The van der Waals surface area contributed by atoms with Gasteiger partial charge in [0.1, 0.15) is 0 Å². The lowest BCUT2D eigenvalue weighted by Crippen LogP contribution is -2.72. The highest BCUT2D eigenvalue weighted by Gasteiger charge is 2.66. The molecule has 4 rings (SSSR count). The van der Waals surface area contributed by atoms with E-state index >= 15 is 0 Å². The Morgan fingerprint density at radius 2 is 2.38 bits per heavy atom. The van der Waals surface area contributed by atoms with Gasteiger partial charge in [0.2, 0.25) is 0 Å². The van der Waals surface area contributed by atoms with Gasteiger partial charge in [-0.3, -0.25) is 4.99 Å². The lowest BCUT2D eigenvalue weighted by Gasteiger charge is -2.63. The summed E-state index contributed by atoms with van der Waals surface area (Å²) in [5, 5.41) is 7.09. The number of nitrogens with zero attached hydrogens (tertiary/aromatic N) is 3. The summed E-state index contributed by atoms with van der Waals surface area (Å²) in [5.74, 6) is 1.69. The van der Waals surface area contributed by atoms with E-state index < -0.39 is 0 Å². The molecule has 3 unspecified atom stereocenters. The minimum atomic E-state index is 0.383. The molecule has 0 bridgehead atoms. The number of ether oxygens (including phenoxy) is 1. The number of rotatable bonds is 4. The Balaban J connectivity index is 1.46. The minimum Gasteiger partial charge on any atom is -0.377 e. The molecular weight excluding hydrogens is 320 g/mol. The van der Waals surface area contributed by atoms with Crippen molar-refractivity contribution in [3.05, 3.63) is 16.1 Å². The summed E-state index contributed by atoms with van der Waals surface area (Å²) in [4.78, 5) is 11.6. The monoisotopic (exact) mass is 348 g/mol. The van der Waals surface area contributed by atoms with Crippen LogP contribution in [0.4, 0.5) is 0 Å². The van der Waals surface area contributed by atoms with E-state index in [1.165, 1.54) is 25.7 Å². The summed E-state index contributed by atoms with van der Waals surface area (Å²) in [7, 11) is 2.12. The van der Waals surface area contributed by atoms with Crippen LogP contribution in [-0.4, -0.2) is 48.2 Å². The number of aryl methyl sites for hydroxylation is 1. The molecule has 6 heteroatoms. The molecule has 5 nitrogen and oxygen atoms in total. The molecule has 2 heterocycles. The average molecular weight is 349 g/mol. The smallest absolute Gasteiger partial charge is 0.194 e. The van der Waals surface area contributed by atoms with Crippen molar-refractivity contribution < 1.29 is 4.74 Å². The Hall–Kier alpha value is -1.14. The highest BCUT2D eigenvalue weighted by Crippen LogP contribution is 2.62. The third-order valence-electron chi connectivity index (χ3n) is 6.06. The number of aromatic nitrogens is 1. The number of hydrogen-bond donors (Lipinski definition) is 1. The first kappa shape index (κ1) is 16.3. The summed E-state index contributed by atoms with van der Waals surface area (Å²) in [6.07, 6.45) is 5.65. The predicted octanol–water partition coefficient (Wildman–Crippen LogP) is 2.81. The van der Waals surface area contributed by atoms with Crippen LogP contribution in [-0.2, 0) is 11.3 Å². The van der Waals surface area contributed by atoms with E-state index in [1.807, 2.05) is 0 Å². The van der Waals surface area contributed by atoms with Crippen LogP contribution in [0.15, 0.2) is 10.4 Å². The Bertz CT molecular complexity index is 624. The number of nitrogens with one attached hydrogen (secondary N) is 1. The molecule has 0 amide bonds. The van der Waals surface area contributed by atoms with Crippen LogP contribution in [0.25, 0.3) is 0 Å². The van der Waals surface area contributed by atoms with Crippen LogP contribution in [0.2, 0.25) is 0 Å². The molecular formula is C18H28N4OS. The van der Waals surface area contributed by atoms with Gasteiger partial charge in [-0.25, -0.2) is 4.98 Å². The second kappa shape index (κ2) is 6.30. The van der Waals surface area contributed by atoms with Crippen LogP contribution in [0, 0.1) is 18.3 Å². The molecule has 0 aromatic carbocycles. The number of guanidine groups is 1. The van der Waals surface area contributed by atoms with E-state index in [1.54, 1.807) is 11.3 Å². The van der Waals surface area contributed by atoms with Gasteiger partial charge in [-0.15, -0.1) is 11.3 Å². The van der Waals surface area contributed by atoms with Crippen molar-refractivity contribution >= 4 is 17.3 Å². The first-order chi connectivity index (χ1) is 11.6. The van der Waals surface area contributed by atoms with Crippen molar-refractivity contribution in [3.63, 3.8) is 0 Å². The van der Waals surface area contributed by atoms with Crippen molar-refractivity contribution in [2.45, 2.75) is 58.2 Å². The first-order valence-electron chi connectivity index (χ1n) is 9.19. The molecule has 24 heavy (non-hydrogen) atoms. The normalized spacial score (nSPS) is 30.6. The van der Waals surface area contributed by atoms with Crippen molar-refractivity contribution in [1.29, 1.82) is 0 Å². The molecule has 1 aliphatic heterocycles. The lowest BCUT2D eigenvalue weighted by atomic mass is 9.46. The minimum absolute atomic E-state index is 0.383. The largest absolute Gasteiger partial charge is 0.377 e. The predicted molar refractivity (Wildman–Crippen MR) is 97.3 cm³/mol. The molecule has 1 saturated heterocycles. The molecule has 2 aliphatic carbocycles. The second-order valence-electron chi connectivity index (χ2n) is 7.46. The Kier molecular flexibility index (Phi) is 4.29. The Labute approximate surface area is 148 Å². The summed E-state index contributed by atoms with van der Waals surface area (Å²) >= 11 is 1.71.